The molecule has 0 atom stereocenters. The number of benzene rings is 2. The van der Waals surface area contributed by atoms with Crippen LogP contribution in [0.2, 0.25) is 0 Å². The molecule has 0 aliphatic rings. The molecule has 0 fully saturated rings. The van der Waals surface area contributed by atoms with Gasteiger partial charge in [0.1, 0.15) is 5.75 Å². The van der Waals surface area contributed by atoms with Crippen LogP contribution in [0.5, 0.6) is 11.5 Å². The molecule has 108 valence electrons. The van der Waals surface area contributed by atoms with Gasteiger partial charge in [0.2, 0.25) is 5.91 Å². The fourth-order valence-corrected chi connectivity index (χ4v) is 1.91. The van der Waals surface area contributed by atoms with Gasteiger partial charge in [0.15, 0.2) is 11.5 Å². The Morgan fingerprint density at radius 3 is 2.57 bits per heavy atom. The molecule has 0 spiro atoms. The van der Waals surface area contributed by atoms with E-state index in [-0.39, 0.29) is 11.7 Å². The second-order valence-electron chi connectivity index (χ2n) is 4.58. The summed E-state index contributed by atoms with van der Waals surface area (Å²) in [5.41, 5.74) is 1.21. The van der Waals surface area contributed by atoms with Gasteiger partial charge in [0.05, 0.1) is 5.69 Å². The second-order valence-corrected chi connectivity index (χ2v) is 4.58. The van der Waals surface area contributed by atoms with Gasteiger partial charge in [-0.1, -0.05) is 31.2 Å². The number of ketones is 1. The average Bonchev–Trinajstić information content (AvgIpc) is 2.48. The van der Waals surface area contributed by atoms with Crippen molar-refractivity contribution in [2.75, 3.05) is 5.32 Å². The number of carbonyl (C=O) groups is 2. The summed E-state index contributed by atoms with van der Waals surface area (Å²) < 4.78 is 5.78. The number of carbonyl (C=O) groups excluding carboxylic acids is 2. The summed E-state index contributed by atoms with van der Waals surface area (Å²) in [7, 11) is 0. The minimum Gasteiger partial charge on any atom is -0.455 e. The summed E-state index contributed by atoms with van der Waals surface area (Å²) in [5.74, 6) is 0.998. The van der Waals surface area contributed by atoms with Crippen molar-refractivity contribution in [1.82, 2.24) is 0 Å². The normalized spacial score (nSPS) is 10.0. The van der Waals surface area contributed by atoms with Crippen LogP contribution in [-0.4, -0.2) is 11.7 Å². The van der Waals surface area contributed by atoms with Crippen LogP contribution in [0.4, 0.5) is 5.69 Å². The summed E-state index contributed by atoms with van der Waals surface area (Å²) >= 11 is 0. The largest absolute Gasteiger partial charge is 0.455 e. The van der Waals surface area contributed by atoms with Gasteiger partial charge in [-0.2, -0.15) is 0 Å². The highest BCUT2D eigenvalue weighted by Crippen LogP contribution is 2.29. The smallest absolute Gasteiger partial charge is 0.221 e. The fourth-order valence-electron chi connectivity index (χ4n) is 1.91. The molecule has 0 heterocycles. The van der Waals surface area contributed by atoms with E-state index in [1.165, 1.54) is 6.92 Å². The van der Waals surface area contributed by atoms with E-state index in [1.807, 2.05) is 19.1 Å². The number of hydrogen-bond donors (Lipinski definition) is 1. The zero-order chi connectivity index (χ0) is 15.2. The molecular weight excluding hydrogens is 266 g/mol. The van der Waals surface area contributed by atoms with E-state index in [9.17, 15) is 9.59 Å². The molecule has 2 aromatic carbocycles. The summed E-state index contributed by atoms with van der Waals surface area (Å²) in [6, 6.07) is 14.2. The van der Waals surface area contributed by atoms with Crippen molar-refractivity contribution in [3.63, 3.8) is 0 Å². The molecule has 0 aliphatic heterocycles. The standard InChI is InChI=1S/C17H17NO3/c1-3-16(20)13-7-6-8-14(11-13)21-17-10-5-4-9-15(17)18-12(2)19/h4-11H,3H2,1-2H3,(H,18,19). The first kappa shape index (κ1) is 14.8. The number of Topliss-reactive ketones (excluding diaryl/α,β-unsaturated/α-hetero) is 1. The lowest BCUT2D eigenvalue weighted by molar-refractivity contribution is -0.114. The van der Waals surface area contributed by atoms with E-state index >= 15 is 0 Å². The first-order valence-corrected chi connectivity index (χ1v) is 6.78. The maximum Gasteiger partial charge on any atom is 0.221 e. The molecule has 0 bridgehead atoms. The maximum absolute atomic E-state index is 11.7. The zero-order valence-electron chi connectivity index (χ0n) is 12.1. The van der Waals surface area contributed by atoms with Crippen molar-refractivity contribution in [1.29, 1.82) is 0 Å². The van der Waals surface area contributed by atoms with Crippen molar-refractivity contribution in [3.05, 3.63) is 54.1 Å². The molecule has 4 nitrogen and oxygen atoms in total. The molecule has 0 radical (unpaired) electrons. The first-order valence-electron chi connectivity index (χ1n) is 6.78. The van der Waals surface area contributed by atoms with Crippen LogP contribution in [-0.2, 0) is 4.79 Å². The molecule has 0 saturated heterocycles. The van der Waals surface area contributed by atoms with Gasteiger partial charge in [-0.3, -0.25) is 9.59 Å². The lowest BCUT2D eigenvalue weighted by atomic mass is 10.1. The highest BCUT2D eigenvalue weighted by Gasteiger charge is 2.08. The summed E-state index contributed by atoms with van der Waals surface area (Å²) in [5, 5.41) is 2.71. The number of nitrogens with one attached hydrogen (secondary N) is 1. The topological polar surface area (TPSA) is 55.4 Å². The van der Waals surface area contributed by atoms with Crippen LogP contribution in [0.15, 0.2) is 48.5 Å². The van der Waals surface area contributed by atoms with E-state index < -0.39 is 0 Å². The minimum absolute atomic E-state index is 0.0654. The molecule has 1 amide bonds. The molecular formula is C17H17NO3. The number of anilines is 1. The SMILES string of the molecule is CCC(=O)c1cccc(Oc2ccccc2NC(C)=O)c1. The molecule has 4 heteroatoms. The Bertz CT molecular complexity index is 665. The van der Waals surface area contributed by atoms with Crippen LogP contribution < -0.4 is 10.1 Å². The van der Waals surface area contributed by atoms with E-state index in [0.717, 1.165) is 0 Å². The Hall–Kier alpha value is -2.62. The molecule has 0 aromatic heterocycles. The van der Waals surface area contributed by atoms with Gasteiger partial charge in [-0.25, -0.2) is 0 Å². The minimum atomic E-state index is -0.166. The lowest BCUT2D eigenvalue weighted by Crippen LogP contribution is -2.06. The van der Waals surface area contributed by atoms with Crippen molar-refractivity contribution in [2.45, 2.75) is 20.3 Å². The highest BCUT2D eigenvalue weighted by molar-refractivity contribution is 5.96. The zero-order valence-corrected chi connectivity index (χ0v) is 12.1. The van der Waals surface area contributed by atoms with Crippen molar-refractivity contribution in [2.24, 2.45) is 0 Å². The van der Waals surface area contributed by atoms with Crippen LogP contribution in [0.1, 0.15) is 30.6 Å². The van der Waals surface area contributed by atoms with Crippen molar-refractivity contribution >= 4 is 17.4 Å². The van der Waals surface area contributed by atoms with Crippen LogP contribution in [0.3, 0.4) is 0 Å². The van der Waals surface area contributed by atoms with Crippen LogP contribution >= 0.6 is 0 Å². The Morgan fingerprint density at radius 2 is 1.86 bits per heavy atom. The summed E-state index contributed by atoms with van der Waals surface area (Å²) in [4.78, 5) is 22.9. The number of para-hydroxylation sites is 2. The molecule has 2 rings (SSSR count). The Labute approximate surface area is 123 Å². The van der Waals surface area contributed by atoms with E-state index in [1.54, 1.807) is 36.4 Å². The first-order chi connectivity index (χ1) is 10.1. The third kappa shape index (κ3) is 3.92. The molecule has 0 saturated carbocycles. The van der Waals surface area contributed by atoms with Gasteiger partial charge in [-0.05, 0) is 24.3 Å². The molecule has 21 heavy (non-hydrogen) atoms. The number of ether oxygens (including phenoxy) is 1. The van der Waals surface area contributed by atoms with E-state index in [2.05, 4.69) is 5.32 Å². The Kier molecular flexibility index (Phi) is 4.72. The van der Waals surface area contributed by atoms with Gasteiger partial charge in [-0.15, -0.1) is 0 Å². The molecule has 0 aliphatic carbocycles. The highest BCUT2D eigenvalue weighted by atomic mass is 16.5. The number of amides is 1. The molecule has 0 unspecified atom stereocenters. The van der Waals surface area contributed by atoms with Crippen LogP contribution in [0, 0.1) is 0 Å². The number of rotatable bonds is 5. The van der Waals surface area contributed by atoms with Gasteiger partial charge >= 0.3 is 0 Å². The maximum atomic E-state index is 11.7. The Morgan fingerprint density at radius 1 is 1.10 bits per heavy atom. The van der Waals surface area contributed by atoms with Crippen LogP contribution in [0.25, 0.3) is 0 Å². The quantitative estimate of drug-likeness (QED) is 0.843. The van der Waals surface area contributed by atoms with E-state index in [4.69, 9.17) is 4.74 Å². The predicted octanol–water partition coefficient (Wildman–Crippen LogP) is 4.03. The monoisotopic (exact) mass is 283 g/mol. The predicted molar refractivity (Wildman–Crippen MR) is 81.9 cm³/mol. The van der Waals surface area contributed by atoms with Gasteiger partial charge in [0, 0.05) is 18.9 Å². The summed E-state index contributed by atoms with van der Waals surface area (Å²) in [6.07, 6.45) is 0.450. The molecule has 1 N–H and O–H groups in total. The third-order valence-corrected chi connectivity index (χ3v) is 2.90. The average molecular weight is 283 g/mol. The Balaban J connectivity index is 2.26. The second kappa shape index (κ2) is 6.70. The van der Waals surface area contributed by atoms with Gasteiger partial charge in [0.25, 0.3) is 0 Å². The van der Waals surface area contributed by atoms with Gasteiger partial charge < -0.3 is 10.1 Å². The van der Waals surface area contributed by atoms with Crippen molar-refractivity contribution in [3.8, 4) is 11.5 Å². The third-order valence-electron chi connectivity index (χ3n) is 2.90. The fraction of sp³-hybridized carbons (Fsp3) is 0.176. The lowest BCUT2D eigenvalue weighted by Gasteiger charge is -2.11. The molecule has 2 aromatic rings. The van der Waals surface area contributed by atoms with Crippen molar-refractivity contribution < 1.29 is 14.3 Å². The summed E-state index contributed by atoms with van der Waals surface area (Å²) in [6.45, 7) is 3.26. The van der Waals surface area contributed by atoms with E-state index in [0.29, 0.717) is 29.2 Å². The number of hydrogen-bond acceptors (Lipinski definition) is 3.